The molecule has 1 aromatic heterocycles. The van der Waals surface area contributed by atoms with Gasteiger partial charge in [0.25, 0.3) is 20.3 Å². The molecule has 0 aliphatic heterocycles. The van der Waals surface area contributed by atoms with Crippen molar-refractivity contribution in [3.63, 3.8) is 0 Å². The van der Waals surface area contributed by atoms with E-state index in [4.69, 9.17) is 11.6 Å². The Balaban J connectivity index is 1.53. The highest BCUT2D eigenvalue weighted by Crippen LogP contribution is 2.25. The number of nitrogens with zero attached hydrogens (tertiary/aromatic N) is 2. The predicted octanol–water partition coefficient (Wildman–Crippen LogP) is 4.40. The van der Waals surface area contributed by atoms with Gasteiger partial charge in [-0.25, -0.2) is 0 Å². The van der Waals surface area contributed by atoms with Crippen molar-refractivity contribution in [1.29, 1.82) is 0 Å². The van der Waals surface area contributed by atoms with Gasteiger partial charge < -0.3 is 0 Å². The Kier molecular flexibility index (Phi) is 5.18. The summed E-state index contributed by atoms with van der Waals surface area (Å²) in [5.41, 5.74) is 0.656. The lowest BCUT2D eigenvalue weighted by molar-refractivity contribution is 0.102. The first-order valence-corrected chi connectivity index (χ1v) is 11.0. The second kappa shape index (κ2) is 7.78. The zero-order valence-corrected chi connectivity index (χ0v) is 17.1. The summed E-state index contributed by atoms with van der Waals surface area (Å²) in [6.45, 7) is 0. The van der Waals surface area contributed by atoms with Crippen LogP contribution in [0.25, 0.3) is 10.8 Å². The van der Waals surface area contributed by atoms with Gasteiger partial charge in [-0.15, -0.1) is 10.2 Å². The fourth-order valence-corrected chi connectivity index (χ4v) is 4.80. The summed E-state index contributed by atoms with van der Waals surface area (Å²) in [5, 5.41) is 12.2. The van der Waals surface area contributed by atoms with E-state index in [0.29, 0.717) is 5.69 Å². The molecule has 0 aliphatic carbocycles. The molecule has 0 saturated carbocycles. The second-order valence-corrected chi connectivity index (χ2v) is 9.22. The lowest BCUT2D eigenvalue weighted by atomic mass is 10.1. The van der Waals surface area contributed by atoms with Crippen molar-refractivity contribution in [2.45, 2.75) is 4.34 Å². The quantitative estimate of drug-likeness (QED) is 0.444. The lowest BCUT2D eigenvalue weighted by Gasteiger charge is -2.06. The molecule has 4 rings (SSSR count). The van der Waals surface area contributed by atoms with Gasteiger partial charge in [0, 0.05) is 5.69 Å². The third-order valence-electron chi connectivity index (χ3n) is 3.98. The first kappa shape index (κ1) is 19.3. The average Bonchev–Trinajstić information content (AvgIpc) is 3.17. The SMILES string of the molecule is O=C(Nc1nnc(S(=O)(=O)Nc2ccc3ccccc3c2)s1)c1ccccc1Cl. The van der Waals surface area contributed by atoms with Crippen LogP contribution in [0.4, 0.5) is 10.8 Å². The summed E-state index contributed by atoms with van der Waals surface area (Å²) in [6.07, 6.45) is 0. The molecule has 0 spiro atoms. The predicted molar refractivity (Wildman–Crippen MR) is 114 cm³/mol. The zero-order chi connectivity index (χ0) is 20.4. The molecule has 146 valence electrons. The number of fused-ring (bicyclic) bond motifs is 1. The Morgan fingerprint density at radius 2 is 1.66 bits per heavy atom. The maximum atomic E-state index is 12.6. The van der Waals surface area contributed by atoms with Crippen molar-refractivity contribution in [2.75, 3.05) is 10.0 Å². The van der Waals surface area contributed by atoms with Gasteiger partial charge in [-0.2, -0.15) is 8.42 Å². The molecule has 4 aromatic rings. The minimum Gasteiger partial charge on any atom is -0.296 e. The molecule has 2 N–H and O–H groups in total. The number of aromatic nitrogens is 2. The number of hydrogen-bond donors (Lipinski definition) is 2. The van der Waals surface area contributed by atoms with Crippen LogP contribution in [-0.2, 0) is 10.0 Å². The van der Waals surface area contributed by atoms with Gasteiger partial charge in [-0.05, 0) is 35.0 Å². The molecular weight excluding hydrogens is 432 g/mol. The highest BCUT2D eigenvalue weighted by Gasteiger charge is 2.22. The minimum atomic E-state index is -3.95. The molecule has 0 fully saturated rings. The Morgan fingerprint density at radius 1 is 0.931 bits per heavy atom. The van der Waals surface area contributed by atoms with E-state index in [0.717, 1.165) is 22.1 Å². The van der Waals surface area contributed by atoms with E-state index < -0.39 is 15.9 Å². The number of sulfonamides is 1. The maximum absolute atomic E-state index is 12.6. The van der Waals surface area contributed by atoms with Crippen LogP contribution >= 0.6 is 22.9 Å². The highest BCUT2D eigenvalue weighted by molar-refractivity contribution is 7.94. The number of rotatable bonds is 5. The van der Waals surface area contributed by atoms with E-state index in [2.05, 4.69) is 20.2 Å². The molecule has 1 heterocycles. The van der Waals surface area contributed by atoms with Crippen molar-refractivity contribution in [1.82, 2.24) is 10.2 Å². The lowest BCUT2D eigenvalue weighted by Crippen LogP contribution is -2.12. The number of carbonyl (C=O) groups excluding carboxylic acids is 1. The highest BCUT2D eigenvalue weighted by atomic mass is 35.5. The van der Waals surface area contributed by atoms with E-state index in [1.54, 1.807) is 36.4 Å². The number of benzene rings is 3. The molecule has 0 bridgehead atoms. The van der Waals surface area contributed by atoms with Gasteiger partial charge >= 0.3 is 0 Å². The molecule has 10 heteroatoms. The van der Waals surface area contributed by atoms with Gasteiger partial charge in [0.05, 0.1) is 10.6 Å². The Hall–Kier alpha value is -3.01. The van der Waals surface area contributed by atoms with Crippen molar-refractivity contribution < 1.29 is 13.2 Å². The fourth-order valence-electron chi connectivity index (χ4n) is 2.63. The number of halogens is 1. The van der Waals surface area contributed by atoms with Crippen LogP contribution in [0, 0.1) is 0 Å². The van der Waals surface area contributed by atoms with Crippen LogP contribution in [0.5, 0.6) is 0 Å². The van der Waals surface area contributed by atoms with Crippen LogP contribution in [0.1, 0.15) is 10.4 Å². The van der Waals surface area contributed by atoms with Crippen LogP contribution in [0.15, 0.2) is 71.1 Å². The Bertz CT molecular complexity index is 1320. The van der Waals surface area contributed by atoms with Gasteiger partial charge in [0.2, 0.25) is 5.13 Å². The summed E-state index contributed by atoms with van der Waals surface area (Å²) in [7, 11) is -3.95. The number of nitrogens with one attached hydrogen (secondary N) is 2. The third-order valence-corrected chi connectivity index (χ3v) is 6.89. The molecule has 0 radical (unpaired) electrons. The molecule has 3 aromatic carbocycles. The summed E-state index contributed by atoms with van der Waals surface area (Å²) < 4.78 is 27.5. The Morgan fingerprint density at radius 3 is 2.45 bits per heavy atom. The minimum absolute atomic E-state index is 0.0498. The first-order valence-electron chi connectivity index (χ1n) is 8.33. The average molecular weight is 445 g/mol. The molecule has 7 nitrogen and oxygen atoms in total. The molecule has 29 heavy (non-hydrogen) atoms. The third kappa shape index (κ3) is 4.21. The smallest absolute Gasteiger partial charge is 0.291 e. The largest absolute Gasteiger partial charge is 0.296 e. The molecule has 0 aliphatic rings. The van der Waals surface area contributed by atoms with Crippen molar-refractivity contribution >= 4 is 60.5 Å². The van der Waals surface area contributed by atoms with E-state index in [1.807, 2.05) is 30.3 Å². The normalized spacial score (nSPS) is 11.3. The zero-order valence-electron chi connectivity index (χ0n) is 14.7. The van der Waals surface area contributed by atoms with Crippen LogP contribution in [0.3, 0.4) is 0 Å². The topological polar surface area (TPSA) is 101 Å². The van der Waals surface area contributed by atoms with Crippen LogP contribution in [0.2, 0.25) is 5.02 Å². The Labute approximate surface area is 175 Å². The van der Waals surface area contributed by atoms with E-state index in [1.165, 1.54) is 0 Å². The monoisotopic (exact) mass is 444 g/mol. The standard InChI is InChI=1S/C19H13ClN4O3S2/c20-16-8-4-3-7-15(16)17(25)21-18-22-23-19(28-18)29(26,27)24-14-10-9-12-5-1-2-6-13(12)11-14/h1-11,24H,(H,21,22,25). The van der Waals surface area contributed by atoms with Crippen molar-refractivity contribution in [3.8, 4) is 0 Å². The van der Waals surface area contributed by atoms with E-state index in [9.17, 15) is 13.2 Å². The molecule has 0 saturated heterocycles. The summed E-state index contributed by atoms with van der Waals surface area (Å²) in [4.78, 5) is 12.3. The number of carbonyl (C=O) groups is 1. The molecular formula is C19H13ClN4O3S2. The summed E-state index contributed by atoms with van der Waals surface area (Å²) in [5.74, 6) is -0.502. The van der Waals surface area contributed by atoms with Crippen LogP contribution in [-0.4, -0.2) is 24.5 Å². The van der Waals surface area contributed by atoms with Gasteiger partial charge in [-0.1, -0.05) is 65.4 Å². The van der Waals surface area contributed by atoms with Crippen molar-refractivity contribution in [2.24, 2.45) is 0 Å². The van der Waals surface area contributed by atoms with Gasteiger partial charge in [-0.3, -0.25) is 14.8 Å². The van der Waals surface area contributed by atoms with Gasteiger partial charge in [0.1, 0.15) is 0 Å². The summed E-state index contributed by atoms with van der Waals surface area (Å²) >= 11 is 6.74. The number of hydrogen-bond acceptors (Lipinski definition) is 6. The van der Waals surface area contributed by atoms with E-state index >= 15 is 0 Å². The van der Waals surface area contributed by atoms with Crippen LogP contribution < -0.4 is 10.0 Å². The molecule has 0 atom stereocenters. The molecule has 1 amide bonds. The maximum Gasteiger partial charge on any atom is 0.291 e. The van der Waals surface area contributed by atoms with E-state index in [-0.39, 0.29) is 20.1 Å². The summed E-state index contributed by atoms with van der Waals surface area (Å²) in [6, 6.07) is 19.3. The van der Waals surface area contributed by atoms with Gasteiger partial charge in [0.15, 0.2) is 0 Å². The van der Waals surface area contributed by atoms with Crippen molar-refractivity contribution in [3.05, 3.63) is 77.3 Å². The first-order chi connectivity index (χ1) is 13.9. The number of amides is 1. The number of anilines is 2. The second-order valence-electron chi connectivity index (χ2n) is 5.97. The fraction of sp³-hybridized carbons (Fsp3) is 0. The molecule has 0 unspecified atom stereocenters.